The molecule has 1 unspecified atom stereocenters. The number of esters is 1. The second-order valence-corrected chi connectivity index (χ2v) is 17.4. The maximum atomic E-state index is 12.9. The molecule has 0 aromatic heterocycles. The number of hydrogen-bond acceptors (Lipinski definition) is 4. The minimum atomic E-state index is -1.15. The van der Waals surface area contributed by atoms with Crippen LogP contribution in [-0.2, 0) is 19.1 Å². The lowest BCUT2D eigenvalue weighted by Crippen LogP contribution is -2.67. The molecule has 42 heavy (non-hydrogen) atoms. The summed E-state index contributed by atoms with van der Waals surface area (Å²) in [5, 5.41) is 20.1. The molecule has 5 rings (SSSR count). The lowest BCUT2D eigenvalue weighted by atomic mass is 9.32. The van der Waals surface area contributed by atoms with Gasteiger partial charge in [-0.3, -0.25) is 14.4 Å². The van der Waals surface area contributed by atoms with Crippen LogP contribution in [0.2, 0.25) is 0 Å². The summed E-state index contributed by atoms with van der Waals surface area (Å²) in [4.78, 5) is 37.5. The number of aliphatic carboxylic acids is 2. The largest absolute Gasteiger partial charge is 0.481 e. The first kappa shape index (κ1) is 31.6. The van der Waals surface area contributed by atoms with E-state index in [4.69, 9.17) is 4.74 Å². The van der Waals surface area contributed by atoms with Gasteiger partial charge in [0.15, 0.2) is 0 Å². The van der Waals surface area contributed by atoms with Crippen molar-refractivity contribution in [3.63, 3.8) is 0 Å². The summed E-state index contributed by atoms with van der Waals surface area (Å²) in [6.45, 7) is 21.7. The van der Waals surface area contributed by atoms with Crippen LogP contribution >= 0.6 is 0 Å². The van der Waals surface area contributed by atoms with Crippen LogP contribution in [-0.4, -0.2) is 34.2 Å². The first-order valence-corrected chi connectivity index (χ1v) is 16.6. The van der Waals surface area contributed by atoms with Crippen molar-refractivity contribution < 1.29 is 29.3 Å². The van der Waals surface area contributed by atoms with Crippen LogP contribution < -0.4 is 0 Å². The number of allylic oxidation sites excluding steroid dienone is 1. The number of hydrogen-bond donors (Lipinski definition) is 2. The van der Waals surface area contributed by atoms with E-state index in [9.17, 15) is 24.6 Å². The van der Waals surface area contributed by atoms with Crippen molar-refractivity contribution in [1.29, 1.82) is 0 Å². The number of fused-ring (bicyclic) bond motifs is 7. The number of ether oxygens (including phenoxy) is 1. The molecule has 5 saturated carbocycles. The van der Waals surface area contributed by atoms with Gasteiger partial charge in [-0.2, -0.15) is 0 Å². The molecule has 5 aliphatic carbocycles. The normalized spacial score (nSPS) is 45.9. The van der Waals surface area contributed by atoms with Gasteiger partial charge >= 0.3 is 17.9 Å². The van der Waals surface area contributed by atoms with Crippen LogP contribution in [0.15, 0.2) is 12.2 Å². The van der Waals surface area contributed by atoms with E-state index in [1.165, 1.54) is 0 Å². The highest BCUT2D eigenvalue weighted by Crippen LogP contribution is 2.77. The molecular weight excluding hydrogens is 528 g/mol. The van der Waals surface area contributed by atoms with E-state index in [2.05, 4.69) is 48.1 Å². The van der Waals surface area contributed by atoms with E-state index in [0.717, 1.165) is 69.8 Å². The Kier molecular flexibility index (Phi) is 7.39. The maximum Gasteiger partial charge on any atom is 0.309 e. The van der Waals surface area contributed by atoms with E-state index in [-0.39, 0.29) is 40.1 Å². The molecule has 2 N–H and O–H groups in total. The molecular formula is C36H56O6. The number of rotatable bonds is 6. The molecule has 0 spiro atoms. The number of carbonyl (C=O) groups excluding carboxylic acids is 1. The molecule has 5 aliphatic rings. The zero-order valence-corrected chi connectivity index (χ0v) is 27.5. The van der Waals surface area contributed by atoms with Crippen LogP contribution in [0.5, 0.6) is 0 Å². The molecule has 0 aromatic rings. The van der Waals surface area contributed by atoms with Crippen molar-refractivity contribution in [1.82, 2.24) is 0 Å². The monoisotopic (exact) mass is 584 g/mol. The summed E-state index contributed by atoms with van der Waals surface area (Å²) >= 11 is 0. The Bertz CT molecular complexity index is 1170. The standard InChI is InChI=1S/C36H56O6/c1-21(2)22-12-17-36(30(40)41)19-18-34(8)23(28(22)36)10-11-25-33(7)15-14-26(42-27(37)20-31(3,4)29(38)39)32(5,6)24(33)13-16-35(25,34)9/h22-26,28H,1,10-20H2,2-9H3,(H,38,39)(H,40,41)/t22-,23+,24-,25+,26-,28+,33-,34?,35+,36-/m0/s1. The summed E-state index contributed by atoms with van der Waals surface area (Å²) in [7, 11) is 0. The predicted octanol–water partition coefficient (Wildman–Crippen LogP) is 8.14. The lowest BCUT2D eigenvalue weighted by molar-refractivity contribution is -0.250. The average molecular weight is 585 g/mol. The van der Waals surface area contributed by atoms with Gasteiger partial charge < -0.3 is 14.9 Å². The lowest BCUT2D eigenvalue weighted by Gasteiger charge is -2.72. The Morgan fingerprint density at radius 1 is 0.833 bits per heavy atom. The first-order valence-electron chi connectivity index (χ1n) is 16.6. The van der Waals surface area contributed by atoms with E-state index in [1.807, 2.05) is 0 Å². The van der Waals surface area contributed by atoms with E-state index in [0.29, 0.717) is 23.7 Å². The summed E-state index contributed by atoms with van der Waals surface area (Å²) in [6.07, 6.45) is 9.38. The second-order valence-electron chi connectivity index (χ2n) is 17.4. The Morgan fingerprint density at radius 3 is 2.10 bits per heavy atom. The third-order valence-electron chi connectivity index (χ3n) is 14.9. The number of carbonyl (C=O) groups is 3. The maximum absolute atomic E-state index is 12.9. The molecule has 0 aromatic carbocycles. The summed E-state index contributed by atoms with van der Waals surface area (Å²) < 4.78 is 6.10. The van der Waals surface area contributed by atoms with Crippen LogP contribution in [0.4, 0.5) is 0 Å². The van der Waals surface area contributed by atoms with Crippen LogP contribution in [0.1, 0.15) is 126 Å². The fraction of sp³-hybridized carbons (Fsp3) is 0.861. The van der Waals surface area contributed by atoms with Gasteiger partial charge in [-0.05, 0) is 131 Å². The highest BCUT2D eigenvalue weighted by Gasteiger charge is 2.72. The van der Waals surface area contributed by atoms with Crippen molar-refractivity contribution in [2.45, 2.75) is 132 Å². The molecule has 0 radical (unpaired) electrons. The van der Waals surface area contributed by atoms with Gasteiger partial charge in [0.25, 0.3) is 0 Å². The summed E-state index contributed by atoms with van der Waals surface area (Å²) in [6, 6.07) is 0. The molecule has 6 heteroatoms. The molecule has 5 fully saturated rings. The fourth-order valence-electron chi connectivity index (χ4n) is 12.3. The van der Waals surface area contributed by atoms with Crippen molar-refractivity contribution >= 4 is 17.9 Å². The smallest absolute Gasteiger partial charge is 0.309 e. The Hall–Kier alpha value is -1.85. The molecule has 0 heterocycles. The van der Waals surface area contributed by atoms with Crippen molar-refractivity contribution in [2.24, 2.45) is 62.1 Å². The zero-order valence-electron chi connectivity index (χ0n) is 27.5. The van der Waals surface area contributed by atoms with Gasteiger partial charge in [-0.15, -0.1) is 0 Å². The Balaban J connectivity index is 1.42. The SMILES string of the molecule is C=C(C)[C@@H]1CC[C@]2(C(=O)O)CCC3(C)[C@H](CC[C@@H]4[C@@]5(C)CC[C@H](OC(=O)CC(C)(C)C(=O)O)C(C)(C)[C@@H]5CC[C@]43C)[C@@H]12. The van der Waals surface area contributed by atoms with Crippen molar-refractivity contribution in [2.75, 3.05) is 0 Å². The molecule has 6 nitrogen and oxygen atoms in total. The van der Waals surface area contributed by atoms with Gasteiger partial charge in [0, 0.05) is 5.41 Å². The molecule has 0 aliphatic heterocycles. The van der Waals surface area contributed by atoms with E-state index in [1.54, 1.807) is 13.8 Å². The van der Waals surface area contributed by atoms with Crippen LogP contribution in [0, 0.1) is 62.1 Å². The number of carboxylic acid groups (broad SMARTS) is 2. The van der Waals surface area contributed by atoms with Crippen LogP contribution in [0.25, 0.3) is 0 Å². The van der Waals surface area contributed by atoms with Crippen molar-refractivity contribution in [3.05, 3.63) is 12.2 Å². The van der Waals surface area contributed by atoms with Gasteiger partial charge in [0.1, 0.15) is 6.10 Å². The quantitative estimate of drug-likeness (QED) is 0.241. The third-order valence-corrected chi connectivity index (χ3v) is 14.9. The molecule has 0 bridgehead atoms. The molecule has 236 valence electrons. The van der Waals surface area contributed by atoms with E-state index < -0.39 is 28.7 Å². The van der Waals surface area contributed by atoms with Crippen LogP contribution in [0.3, 0.4) is 0 Å². The highest BCUT2D eigenvalue weighted by atomic mass is 16.5. The second kappa shape index (κ2) is 9.83. The number of carboxylic acids is 2. The molecule has 10 atom stereocenters. The minimum Gasteiger partial charge on any atom is -0.481 e. The summed E-state index contributed by atoms with van der Waals surface area (Å²) in [5.41, 5.74) is -0.477. The van der Waals surface area contributed by atoms with Gasteiger partial charge in [0.05, 0.1) is 17.3 Å². The molecule has 0 amide bonds. The Labute approximate surface area is 253 Å². The third kappa shape index (κ3) is 4.19. The topological polar surface area (TPSA) is 101 Å². The average Bonchev–Trinajstić information content (AvgIpc) is 3.27. The van der Waals surface area contributed by atoms with Gasteiger partial charge in [-0.1, -0.05) is 46.8 Å². The van der Waals surface area contributed by atoms with E-state index >= 15 is 0 Å². The van der Waals surface area contributed by atoms with Gasteiger partial charge in [0.2, 0.25) is 0 Å². The first-order chi connectivity index (χ1) is 19.3. The Morgan fingerprint density at radius 2 is 1.50 bits per heavy atom. The molecule has 0 saturated heterocycles. The predicted molar refractivity (Wildman–Crippen MR) is 163 cm³/mol. The fourth-order valence-corrected chi connectivity index (χ4v) is 12.3. The summed E-state index contributed by atoms with van der Waals surface area (Å²) in [5.74, 6) is -0.165. The van der Waals surface area contributed by atoms with Crippen molar-refractivity contribution in [3.8, 4) is 0 Å². The minimum absolute atomic E-state index is 0.0847. The zero-order chi connectivity index (χ0) is 31.3. The van der Waals surface area contributed by atoms with Gasteiger partial charge in [-0.25, -0.2) is 0 Å². The highest BCUT2D eigenvalue weighted by molar-refractivity contribution is 5.81.